The molecule has 0 bridgehead atoms. The van der Waals surface area contributed by atoms with Crippen molar-refractivity contribution >= 4 is 28.3 Å². The number of fused-ring (bicyclic) bond motifs is 1. The van der Waals surface area contributed by atoms with E-state index < -0.39 is 0 Å². The molecule has 1 saturated carbocycles. The van der Waals surface area contributed by atoms with Crippen LogP contribution in [0.1, 0.15) is 49.7 Å². The molecule has 5 nitrogen and oxygen atoms in total. The van der Waals surface area contributed by atoms with Crippen molar-refractivity contribution in [1.29, 1.82) is 0 Å². The first-order valence-corrected chi connectivity index (χ1v) is 10.5. The SMILES string of the molecule is Cc1nn(C)c2nc(-c3cccs3)cc(C(=O)N(C3CC3)C(C)C(C)C)c12. The Labute approximate surface area is 164 Å². The third-order valence-electron chi connectivity index (χ3n) is 5.55. The number of carbonyl (C=O) groups is 1. The molecule has 1 atom stereocenters. The Hall–Kier alpha value is -2.21. The number of aryl methyl sites for hydroxylation is 2. The van der Waals surface area contributed by atoms with Gasteiger partial charge in [0.25, 0.3) is 5.91 Å². The Bertz CT molecular complexity index is 985. The summed E-state index contributed by atoms with van der Waals surface area (Å²) in [4.78, 5) is 21.7. The molecule has 0 aliphatic heterocycles. The first kappa shape index (κ1) is 18.2. The van der Waals surface area contributed by atoms with E-state index in [-0.39, 0.29) is 11.9 Å². The van der Waals surface area contributed by atoms with Crippen LogP contribution in [0, 0.1) is 12.8 Å². The Morgan fingerprint density at radius 3 is 2.67 bits per heavy atom. The zero-order chi connectivity index (χ0) is 19.3. The van der Waals surface area contributed by atoms with Crippen LogP contribution in [0.4, 0.5) is 0 Å². The van der Waals surface area contributed by atoms with Crippen LogP contribution in [0.15, 0.2) is 23.6 Å². The highest BCUT2D eigenvalue weighted by molar-refractivity contribution is 7.13. The second kappa shape index (κ2) is 6.75. The Morgan fingerprint density at radius 2 is 2.07 bits per heavy atom. The highest BCUT2D eigenvalue weighted by Gasteiger charge is 2.38. The maximum atomic E-state index is 13.7. The zero-order valence-electron chi connectivity index (χ0n) is 16.6. The van der Waals surface area contributed by atoms with Crippen LogP contribution in [0.2, 0.25) is 0 Å². The Morgan fingerprint density at radius 1 is 1.33 bits per heavy atom. The molecule has 27 heavy (non-hydrogen) atoms. The van der Waals surface area contributed by atoms with E-state index in [1.54, 1.807) is 16.0 Å². The minimum atomic E-state index is 0.111. The lowest BCUT2D eigenvalue weighted by Gasteiger charge is -2.32. The van der Waals surface area contributed by atoms with Crippen molar-refractivity contribution in [3.8, 4) is 10.6 Å². The molecular formula is C21H26N4OS. The van der Waals surface area contributed by atoms with Crippen LogP contribution in [0.5, 0.6) is 0 Å². The molecule has 6 heteroatoms. The van der Waals surface area contributed by atoms with Gasteiger partial charge in [0.2, 0.25) is 0 Å². The van der Waals surface area contributed by atoms with Crippen LogP contribution in [0.25, 0.3) is 21.6 Å². The first-order chi connectivity index (χ1) is 12.9. The van der Waals surface area contributed by atoms with Crippen LogP contribution >= 0.6 is 11.3 Å². The normalized spacial score (nSPS) is 15.5. The summed E-state index contributed by atoms with van der Waals surface area (Å²) in [5.41, 5.74) is 3.20. The van der Waals surface area contributed by atoms with Gasteiger partial charge in [0.05, 0.1) is 27.2 Å². The molecule has 4 rings (SSSR count). The van der Waals surface area contributed by atoms with Gasteiger partial charge in [-0.05, 0) is 50.1 Å². The summed E-state index contributed by atoms with van der Waals surface area (Å²) in [6, 6.07) is 6.59. The van der Waals surface area contributed by atoms with Crippen molar-refractivity contribution < 1.29 is 4.79 Å². The number of nitrogens with zero attached hydrogens (tertiary/aromatic N) is 4. The quantitative estimate of drug-likeness (QED) is 0.645. The van der Waals surface area contributed by atoms with Crippen molar-refractivity contribution in [2.75, 3.05) is 0 Å². The van der Waals surface area contributed by atoms with Crippen molar-refractivity contribution in [2.45, 2.75) is 52.6 Å². The van der Waals surface area contributed by atoms with E-state index in [2.05, 4.69) is 30.8 Å². The monoisotopic (exact) mass is 382 g/mol. The average molecular weight is 383 g/mol. The maximum Gasteiger partial charge on any atom is 0.255 e. The predicted octanol–water partition coefficient (Wildman–Crippen LogP) is 4.65. The van der Waals surface area contributed by atoms with Gasteiger partial charge in [-0.3, -0.25) is 9.48 Å². The number of pyridine rings is 1. The van der Waals surface area contributed by atoms with Crippen molar-refractivity contribution in [3.05, 3.63) is 34.8 Å². The second-order valence-electron chi connectivity index (χ2n) is 7.87. The fraction of sp³-hybridized carbons (Fsp3) is 0.476. The molecule has 3 aromatic rings. The molecular weight excluding hydrogens is 356 g/mol. The van der Waals surface area contributed by atoms with Gasteiger partial charge in [0.1, 0.15) is 0 Å². The average Bonchev–Trinajstić information content (AvgIpc) is 3.22. The van der Waals surface area contributed by atoms with Gasteiger partial charge in [-0.1, -0.05) is 19.9 Å². The Kier molecular flexibility index (Phi) is 4.54. The van der Waals surface area contributed by atoms with Crippen LogP contribution in [-0.2, 0) is 7.05 Å². The van der Waals surface area contributed by atoms with Gasteiger partial charge < -0.3 is 4.90 Å². The molecule has 1 amide bonds. The molecule has 0 N–H and O–H groups in total. The number of hydrogen-bond donors (Lipinski definition) is 0. The zero-order valence-corrected chi connectivity index (χ0v) is 17.4. The number of rotatable bonds is 5. The van der Waals surface area contributed by atoms with Crippen LogP contribution in [-0.4, -0.2) is 37.7 Å². The number of amides is 1. The number of thiophene rings is 1. The minimum absolute atomic E-state index is 0.111. The van der Waals surface area contributed by atoms with Gasteiger partial charge in [0, 0.05) is 19.1 Å². The van der Waals surface area contributed by atoms with E-state index in [9.17, 15) is 4.79 Å². The van der Waals surface area contributed by atoms with Gasteiger partial charge in [-0.2, -0.15) is 5.10 Å². The van der Waals surface area contributed by atoms with E-state index >= 15 is 0 Å². The summed E-state index contributed by atoms with van der Waals surface area (Å²) >= 11 is 1.64. The molecule has 1 aliphatic carbocycles. The maximum absolute atomic E-state index is 13.7. The Balaban J connectivity index is 1.90. The predicted molar refractivity (Wildman–Crippen MR) is 110 cm³/mol. The van der Waals surface area contributed by atoms with E-state index in [4.69, 9.17) is 4.98 Å². The van der Waals surface area contributed by atoms with E-state index in [0.29, 0.717) is 12.0 Å². The topological polar surface area (TPSA) is 51.0 Å². The summed E-state index contributed by atoms with van der Waals surface area (Å²) in [7, 11) is 1.89. The van der Waals surface area contributed by atoms with Crippen LogP contribution < -0.4 is 0 Å². The summed E-state index contributed by atoms with van der Waals surface area (Å²) in [6.45, 7) is 8.48. The van der Waals surface area contributed by atoms with Gasteiger partial charge >= 0.3 is 0 Å². The van der Waals surface area contributed by atoms with E-state index in [1.807, 2.05) is 37.6 Å². The van der Waals surface area contributed by atoms with Gasteiger partial charge in [-0.25, -0.2) is 4.98 Å². The fourth-order valence-electron chi connectivity index (χ4n) is 3.66. The van der Waals surface area contributed by atoms with E-state index in [0.717, 1.165) is 45.7 Å². The summed E-state index contributed by atoms with van der Waals surface area (Å²) < 4.78 is 1.78. The lowest BCUT2D eigenvalue weighted by Crippen LogP contribution is -2.43. The first-order valence-electron chi connectivity index (χ1n) is 9.59. The largest absolute Gasteiger partial charge is 0.333 e. The molecule has 1 fully saturated rings. The molecule has 3 aromatic heterocycles. The molecule has 3 heterocycles. The number of carbonyl (C=O) groups excluding carboxylic acids is 1. The molecule has 1 unspecified atom stereocenters. The molecule has 0 aromatic carbocycles. The van der Waals surface area contributed by atoms with Crippen molar-refractivity contribution in [3.63, 3.8) is 0 Å². The molecule has 0 spiro atoms. The van der Waals surface area contributed by atoms with E-state index in [1.165, 1.54) is 0 Å². The summed E-state index contributed by atoms with van der Waals surface area (Å²) in [6.07, 6.45) is 2.20. The fourth-order valence-corrected chi connectivity index (χ4v) is 4.35. The smallest absolute Gasteiger partial charge is 0.255 e. The second-order valence-corrected chi connectivity index (χ2v) is 8.82. The highest BCUT2D eigenvalue weighted by atomic mass is 32.1. The van der Waals surface area contributed by atoms with Gasteiger partial charge in [0.15, 0.2) is 5.65 Å². The van der Waals surface area contributed by atoms with Crippen LogP contribution in [0.3, 0.4) is 0 Å². The number of aromatic nitrogens is 3. The molecule has 0 radical (unpaired) electrons. The highest BCUT2D eigenvalue weighted by Crippen LogP contribution is 2.35. The molecule has 1 aliphatic rings. The minimum Gasteiger partial charge on any atom is -0.333 e. The summed E-state index contributed by atoms with van der Waals surface area (Å²) in [5, 5.41) is 7.46. The molecule has 0 saturated heterocycles. The van der Waals surface area contributed by atoms with Gasteiger partial charge in [-0.15, -0.1) is 11.3 Å². The van der Waals surface area contributed by atoms with Crippen molar-refractivity contribution in [1.82, 2.24) is 19.7 Å². The lowest BCUT2D eigenvalue weighted by molar-refractivity contribution is 0.0630. The summed E-state index contributed by atoms with van der Waals surface area (Å²) in [5.74, 6) is 0.527. The van der Waals surface area contributed by atoms with Crippen molar-refractivity contribution in [2.24, 2.45) is 13.0 Å². The molecule has 142 valence electrons. The number of hydrogen-bond acceptors (Lipinski definition) is 4. The lowest BCUT2D eigenvalue weighted by atomic mass is 10.0. The third-order valence-corrected chi connectivity index (χ3v) is 6.44. The third kappa shape index (κ3) is 3.16. The standard InChI is InChI=1S/C21H26N4OS/c1-12(2)14(4)25(15-8-9-15)21(26)16-11-17(18-7-6-10-27-18)22-20-19(16)13(3)23-24(20)5/h6-7,10-12,14-15H,8-9H2,1-5H3.